The van der Waals surface area contributed by atoms with E-state index < -0.39 is 0 Å². The van der Waals surface area contributed by atoms with Gasteiger partial charge >= 0.3 is 0 Å². The number of amides is 1. The first-order chi connectivity index (χ1) is 9.15. The average Bonchev–Trinajstić information content (AvgIpc) is 2.81. The molecule has 0 radical (unpaired) electrons. The summed E-state index contributed by atoms with van der Waals surface area (Å²) < 4.78 is 0.894. The zero-order chi connectivity index (χ0) is 13.4. The number of carbonyl (C=O) groups is 1. The van der Waals surface area contributed by atoms with Crippen LogP contribution in [0, 0.1) is 5.92 Å². The Kier molecular flexibility index (Phi) is 3.83. The van der Waals surface area contributed by atoms with Crippen molar-refractivity contribution in [1.82, 2.24) is 10.2 Å². The molecule has 2 heterocycles. The number of benzene rings is 1. The van der Waals surface area contributed by atoms with Gasteiger partial charge in [0.25, 0.3) is 5.91 Å². The Morgan fingerprint density at radius 2 is 2.26 bits per heavy atom. The lowest BCUT2D eigenvalue weighted by Gasteiger charge is -2.24. The van der Waals surface area contributed by atoms with Crippen molar-refractivity contribution >= 4 is 33.4 Å². The fourth-order valence-electron chi connectivity index (χ4n) is 3.05. The molecular formula is C14H16BrClN2O. The van der Waals surface area contributed by atoms with Crippen molar-refractivity contribution in [3.05, 3.63) is 33.3 Å². The Bertz CT molecular complexity index is 494. The molecule has 0 bridgehead atoms. The third-order valence-electron chi connectivity index (χ3n) is 4.05. The van der Waals surface area contributed by atoms with Gasteiger partial charge in [0.1, 0.15) is 0 Å². The van der Waals surface area contributed by atoms with E-state index in [0.29, 0.717) is 22.5 Å². The highest BCUT2D eigenvalue weighted by Crippen LogP contribution is 2.28. The summed E-state index contributed by atoms with van der Waals surface area (Å²) in [5, 5.41) is 4.02. The third kappa shape index (κ3) is 2.67. The zero-order valence-corrected chi connectivity index (χ0v) is 12.9. The lowest BCUT2D eigenvalue weighted by atomic mass is 9.94. The molecule has 2 saturated heterocycles. The minimum Gasteiger partial charge on any atom is -0.337 e. The molecule has 19 heavy (non-hydrogen) atoms. The van der Waals surface area contributed by atoms with Crippen LogP contribution in [0.25, 0.3) is 0 Å². The van der Waals surface area contributed by atoms with Crippen LogP contribution in [-0.2, 0) is 0 Å². The molecule has 0 unspecified atom stereocenters. The van der Waals surface area contributed by atoms with Gasteiger partial charge in [-0.1, -0.05) is 27.5 Å². The Morgan fingerprint density at radius 3 is 3.00 bits per heavy atom. The number of piperidine rings is 1. The Morgan fingerprint density at radius 1 is 1.42 bits per heavy atom. The largest absolute Gasteiger partial charge is 0.337 e. The van der Waals surface area contributed by atoms with Gasteiger partial charge in [0.05, 0.1) is 10.6 Å². The van der Waals surface area contributed by atoms with Gasteiger partial charge in [-0.2, -0.15) is 0 Å². The molecule has 1 N–H and O–H groups in total. The lowest BCUT2D eigenvalue weighted by Crippen LogP contribution is -2.41. The summed E-state index contributed by atoms with van der Waals surface area (Å²) in [6.07, 6.45) is 2.43. The Hall–Kier alpha value is -0.580. The molecule has 3 rings (SSSR count). The maximum absolute atomic E-state index is 12.5. The van der Waals surface area contributed by atoms with E-state index >= 15 is 0 Å². The van der Waals surface area contributed by atoms with Crippen molar-refractivity contribution in [2.24, 2.45) is 5.92 Å². The Balaban J connectivity index is 1.77. The first-order valence-electron chi connectivity index (χ1n) is 6.63. The van der Waals surface area contributed by atoms with Crippen LogP contribution in [0.2, 0.25) is 5.02 Å². The summed E-state index contributed by atoms with van der Waals surface area (Å²) in [4.78, 5) is 14.5. The van der Waals surface area contributed by atoms with Crippen LogP contribution in [0.15, 0.2) is 22.7 Å². The number of nitrogens with one attached hydrogen (secondary N) is 1. The van der Waals surface area contributed by atoms with Crippen molar-refractivity contribution in [2.75, 3.05) is 19.6 Å². The number of carbonyl (C=O) groups excluding carboxylic acids is 1. The predicted molar refractivity (Wildman–Crippen MR) is 79.6 cm³/mol. The van der Waals surface area contributed by atoms with Crippen molar-refractivity contribution < 1.29 is 4.79 Å². The number of fused-ring (bicyclic) bond motifs is 1. The lowest BCUT2D eigenvalue weighted by molar-refractivity contribution is 0.0786. The quantitative estimate of drug-likeness (QED) is 0.850. The summed E-state index contributed by atoms with van der Waals surface area (Å²) in [6, 6.07) is 5.90. The second-order valence-electron chi connectivity index (χ2n) is 5.30. The van der Waals surface area contributed by atoms with E-state index in [1.54, 1.807) is 12.1 Å². The van der Waals surface area contributed by atoms with E-state index in [0.717, 1.165) is 24.1 Å². The molecule has 2 aliphatic rings. The van der Waals surface area contributed by atoms with Gasteiger partial charge in [-0.3, -0.25) is 4.79 Å². The van der Waals surface area contributed by atoms with Crippen LogP contribution >= 0.6 is 27.5 Å². The smallest absolute Gasteiger partial charge is 0.255 e. The molecule has 2 fully saturated rings. The topological polar surface area (TPSA) is 32.3 Å². The summed E-state index contributed by atoms with van der Waals surface area (Å²) in [7, 11) is 0. The summed E-state index contributed by atoms with van der Waals surface area (Å²) in [5.41, 5.74) is 0.600. The molecule has 1 aromatic rings. The maximum atomic E-state index is 12.5. The Labute approximate surface area is 126 Å². The summed E-state index contributed by atoms with van der Waals surface area (Å²) in [6.45, 7) is 2.72. The molecule has 0 aromatic heterocycles. The molecule has 3 nitrogen and oxygen atoms in total. The number of nitrogens with zero attached hydrogens (tertiary/aromatic N) is 1. The van der Waals surface area contributed by atoms with Crippen LogP contribution in [0.3, 0.4) is 0 Å². The fourth-order valence-corrected chi connectivity index (χ4v) is 3.80. The van der Waals surface area contributed by atoms with E-state index in [1.807, 2.05) is 11.0 Å². The van der Waals surface area contributed by atoms with Crippen LogP contribution in [-0.4, -0.2) is 36.5 Å². The second kappa shape index (κ2) is 5.43. The molecular weight excluding hydrogens is 328 g/mol. The van der Waals surface area contributed by atoms with Crippen molar-refractivity contribution in [1.29, 1.82) is 0 Å². The van der Waals surface area contributed by atoms with E-state index in [4.69, 9.17) is 11.6 Å². The van der Waals surface area contributed by atoms with Crippen molar-refractivity contribution in [2.45, 2.75) is 18.9 Å². The minimum absolute atomic E-state index is 0.0497. The molecule has 5 heteroatoms. The van der Waals surface area contributed by atoms with Gasteiger partial charge in [0, 0.05) is 23.6 Å². The van der Waals surface area contributed by atoms with Crippen LogP contribution in [0.4, 0.5) is 0 Å². The van der Waals surface area contributed by atoms with Crippen LogP contribution < -0.4 is 5.32 Å². The number of hydrogen-bond acceptors (Lipinski definition) is 2. The highest BCUT2D eigenvalue weighted by Gasteiger charge is 2.36. The van der Waals surface area contributed by atoms with Crippen LogP contribution in [0.5, 0.6) is 0 Å². The zero-order valence-electron chi connectivity index (χ0n) is 10.5. The number of halogens is 2. The highest BCUT2D eigenvalue weighted by molar-refractivity contribution is 9.10. The van der Waals surface area contributed by atoms with Crippen LogP contribution in [0.1, 0.15) is 23.2 Å². The molecule has 0 aliphatic carbocycles. The number of likely N-dealkylation sites (tertiary alicyclic amines) is 1. The average molecular weight is 344 g/mol. The maximum Gasteiger partial charge on any atom is 0.255 e. The van der Waals surface area contributed by atoms with E-state index in [9.17, 15) is 4.79 Å². The number of hydrogen-bond donors (Lipinski definition) is 1. The molecule has 0 saturated carbocycles. The van der Waals surface area contributed by atoms with Gasteiger partial charge < -0.3 is 10.2 Å². The van der Waals surface area contributed by atoms with Gasteiger partial charge in [-0.25, -0.2) is 0 Å². The fraction of sp³-hybridized carbons (Fsp3) is 0.500. The monoisotopic (exact) mass is 342 g/mol. The van der Waals surface area contributed by atoms with Crippen molar-refractivity contribution in [3.8, 4) is 0 Å². The molecule has 2 atom stereocenters. The predicted octanol–water partition coefficient (Wildman–Crippen LogP) is 2.93. The first-order valence-corrected chi connectivity index (χ1v) is 7.80. The standard InChI is InChI=1S/C14H16BrClN2O/c15-10-3-4-11(12(16)6-10)14(19)18-7-9-2-1-5-17-13(9)8-18/h3-4,6,9,13,17H,1-2,5,7-8H2/t9-,13+/m0/s1. The molecule has 1 aromatic carbocycles. The minimum atomic E-state index is 0.0497. The van der Waals surface area contributed by atoms with Gasteiger partial charge in [-0.05, 0) is 43.5 Å². The SMILES string of the molecule is O=C(c1ccc(Br)cc1Cl)N1C[C@@H]2CCCN[C@@H]2C1. The molecule has 2 aliphatic heterocycles. The van der Waals surface area contributed by atoms with Gasteiger partial charge in [-0.15, -0.1) is 0 Å². The van der Waals surface area contributed by atoms with E-state index in [-0.39, 0.29) is 5.91 Å². The van der Waals surface area contributed by atoms with Gasteiger partial charge in [0.15, 0.2) is 0 Å². The van der Waals surface area contributed by atoms with Gasteiger partial charge in [0.2, 0.25) is 0 Å². The normalized spacial score (nSPS) is 26.3. The summed E-state index contributed by atoms with van der Waals surface area (Å²) >= 11 is 9.52. The second-order valence-corrected chi connectivity index (χ2v) is 6.62. The van der Waals surface area contributed by atoms with E-state index in [1.165, 1.54) is 12.8 Å². The van der Waals surface area contributed by atoms with Crippen molar-refractivity contribution in [3.63, 3.8) is 0 Å². The molecule has 0 spiro atoms. The number of rotatable bonds is 1. The third-order valence-corrected chi connectivity index (χ3v) is 4.85. The van der Waals surface area contributed by atoms with E-state index in [2.05, 4.69) is 21.2 Å². The summed E-state index contributed by atoms with van der Waals surface area (Å²) in [5.74, 6) is 0.653. The first kappa shape index (κ1) is 13.4. The molecule has 102 valence electrons. The molecule has 1 amide bonds. The highest BCUT2D eigenvalue weighted by atomic mass is 79.9.